The van der Waals surface area contributed by atoms with Crippen molar-refractivity contribution in [3.8, 4) is 0 Å². The minimum Gasteiger partial charge on any atom is -0.367 e. The van der Waals surface area contributed by atoms with Crippen LogP contribution in [-0.4, -0.2) is 49.0 Å². The number of carbonyl (C=O) groups is 1. The van der Waals surface area contributed by atoms with Crippen molar-refractivity contribution >= 4 is 28.9 Å². The maximum absolute atomic E-state index is 12.4. The van der Waals surface area contributed by atoms with Gasteiger partial charge >= 0.3 is 0 Å². The molecule has 0 atom stereocenters. The van der Waals surface area contributed by atoms with Crippen LogP contribution in [0.2, 0.25) is 5.02 Å². The number of amides is 1. The first-order valence-electron chi connectivity index (χ1n) is 7.58. The van der Waals surface area contributed by atoms with E-state index in [9.17, 15) is 4.79 Å². The van der Waals surface area contributed by atoms with Crippen LogP contribution in [0, 0.1) is 0 Å². The monoisotopic (exact) mass is 330 g/mol. The highest BCUT2D eigenvalue weighted by Crippen LogP contribution is 2.30. The molecule has 2 aromatic rings. The lowest BCUT2D eigenvalue weighted by atomic mass is 10.2. The fourth-order valence-corrected chi connectivity index (χ4v) is 2.80. The van der Waals surface area contributed by atoms with E-state index in [0.29, 0.717) is 10.6 Å². The number of halogens is 1. The number of hydrogen-bond acceptors (Lipinski definition) is 4. The van der Waals surface area contributed by atoms with Crippen molar-refractivity contribution in [2.24, 2.45) is 0 Å². The van der Waals surface area contributed by atoms with Gasteiger partial charge in [-0.2, -0.15) is 0 Å². The molecular formula is C17H19ClN4O. The molecule has 0 bridgehead atoms. The first-order valence-corrected chi connectivity index (χ1v) is 7.96. The number of likely N-dealkylation sites (N-methyl/N-ethyl adjacent to an activating group) is 1. The summed E-state index contributed by atoms with van der Waals surface area (Å²) in [6.45, 7) is 3.85. The predicted octanol–water partition coefficient (Wildman–Crippen LogP) is 2.74. The molecule has 1 aliphatic rings. The van der Waals surface area contributed by atoms with Crippen molar-refractivity contribution in [2.75, 3.05) is 43.4 Å². The van der Waals surface area contributed by atoms with Crippen LogP contribution in [0.3, 0.4) is 0 Å². The Morgan fingerprint density at radius 3 is 2.70 bits per heavy atom. The lowest BCUT2D eigenvalue weighted by Gasteiger charge is -2.35. The summed E-state index contributed by atoms with van der Waals surface area (Å²) in [5.41, 5.74) is 2.26. The standard InChI is InChI=1S/C17H19ClN4O/c1-21-7-9-22(10-8-21)16-5-4-14(18)11-15(16)20-17(23)13-3-2-6-19-12-13/h2-6,11-12H,7-10H2,1H3,(H,20,23). The number of aromatic nitrogens is 1. The third-order valence-corrected chi connectivity index (χ3v) is 4.21. The molecule has 5 nitrogen and oxygen atoms in total. The summed E-state index contributed by atoms with van der Waals surface area (Å²) in [4.78, 5) is 20.9. The van der Waals surface area contributed by atoms with Crippen molar-refractivity contribution < 1.29 is 4.79 Å². The zero-order valence-corrected chi connectivity index (χ0v) is 13.8. The second-order valence-electron chi connectivity index (χ2n) is 5.65. The largest absolute Gasteiger partial charge is 0.367 e. The Kier molecular flexibility index (Phi) is 4.79. The number of nitrogens with one attached hydrogen (secondary N) is 1. The summed E-state index contributed by atoms with van der Waals surface area (Å²) in [5, 5.41) is 3.56. The lowest BCUT2D eigenvalue weighted by Crippen LogP contribution is -2.44. The van der Waals surface area contributed by atoms with Crippen LogP contribution in [0.5, 0.6) is 0 Å². The SMILES string of the molecule is CN1CCN(c2ccc(Cl)cc2NC(=O)c2cccnc2)CC1. The Morgan fingerprint density at radius 1 is 1.22 bits per heavy atom. The van der Waals surface area contributed by atoms with Crippen molar-refractivity contribution in [3.63, 3.8) is 0 Å². The molecule has 1 aliphatic heterocycles. The number of carbonyl (C=O) groups excluding carboxylic acids is 1. The van der Waals surface area contributed by atoms with E-state index in [4.69, 9.17) is 11.6 Å². The molecule has 1 amide bonds. The van der Waals surface area contributed by atoms with Crippen molar-refractivity contribution in [3.05, 3.63) is 53.3 Å². The molecule has 2 heterocycles. The summed E-state index contributed by atoms with van der Waals surface area (Å²) in [5.74, 6) is -0.184. The molecule has 0 saturated carbocycles. The number of pyridine rings is 1. The molecular weight excluding hydrogens is 312 g/mol. The minimum absolute atomic E-state index is 0.184. The van der Waals surface area contributed by atoms with Crippen LogP contribution < -0.4 is 10.2 Å². The highest BCUT2D eigenvalue weighted by molar-refractivity contribution is 6.31. The summed E-state index contributed by atoms with van der Waals surface area (Å²) < 4.78 is 0. The summed E-state index contributed by atoms with van der Waals surface area (Å²) >= 11 is 6.12. The van der Waals surface area contributed by atoms with Crippen LogP contribution in [0.15, 0.2) is 42.7 Å². The zero-order valence-electron chi connectivity index (χ0n) is 13.0. The topological polar surface area (TPSA) is 48.5 Å². The van der Waals surface area contributed by atoms with Gasteiger partial charge in [0.2, 0.25) is 0 Å². The molecule has 1 aromatic heterocycles. The number of piperazine rings is 1. The number of anilines is 2. The van der Waals surface area contributed by atoms with E-state index in [1.54, 1.807) is 30.6 Å². The van der Waals surface area contributed by atoms with Crippen LogP contribution >= 0.6 is 11.6 Å². The Balaban J connectivity index is 1.83. The van der Waals surface area contributed by atoms with Gasteiger partial charge in [0, 0.05) is 43.6 Å². The number of hydrogen-bond donors (Lipinski definition) is 1. The van der Waals surface area contributed by atoms with Crippen molar-refractivity contribution in [1.82, 2.24) is 9.88 Å². The van der Waals surface area contributed by atoms with E-state index in [1.165, 1.54) is 0 Å². The molecule has 120 valence electrons. The van der Waals surface area contributed by atoms with Crippen molar-refractivity contribution in [2.45, 2.75) is 0 Å². The highest BCUT2D eigenvalue weighted by Gasteiger charge is 2.18. The second-order valence-corrected chi connectivity index (χ2v) is 6.08. The smallest absolute Gasteiger partial charge is 0.257 e. The fraction of sp³-hybridized carbons (Fsp3) is 0.294. The van der Waals surface area contributed by atoms with Gasteiger partial charge in [-0.1, -0.05) is 11.6 Å². The lowest BCUT2D eigenvalue weighted by molar-refractivity contribution is 0.102. The second kappa shape index (κ2) is 6.98. The predicted molar refractivity (Wildman–Crippen MR) is 93.4 cm³/mol. The maximum Gasteiger partial charge on any atom is 0.257 e. The van der Waals surface area contributed by atoms with Gasteiger partial charge in [0.25, 0.3) is 5.91 Å². The average molecular weight is 331 g/mol. The molecule has 1 fully saturated rings. The van der Waals surface area contributed by atoms with Gasteiger partial charge in [-0.25, -0.2) is 0 Å². The third kappa shape index (κ3) is 3.81. The normalized spacial score (nSPS) is 15.5. The summed E-state index contributed by atoms with van der Waals surface area (Å²) in [6.07, 6.45) is 3.20. The Hall–Kier alpha value is -2.11. The average Bonchev–Trinajstić information content (AvgIpc) is 2.57. The number of nitrogens with zero attached hydrogens (tertiary/aromatic N) is 3. The Labute approximate surface area is 140 Å². The summed E-state index contributed by atoms with van der Waals surface area (Å²) in [6, 6.07) is 9.10. The fourth-order valence-electron chi connectivity index (χ4n) is 2.62. The Morgan fingerprint density at radius 2 is 2.00 bits per heavy atom. The minimum atomic E-state index is -0.184. The summed E-state index contributed by atoms with van der Waals surface area (Å²) in [7, 11) is 2.12. The number of rotatable bonds is 3. The molecule has 1 saturated heterocycles. The first-order chi connectivity index (χ1) is 11.1. The molecule has 3 rings (SSSR count). The molecule has 23 heavy (non-hydrogen) atoms. The first kappa shape index (κ1) is 15.8. The van der Waals surface area contributed by atoms with E-state index in [-0.39, 0.29) is 5.91 Å². The molecule has 0 spiro atoms. The van der Waals surface area contributed by atoms with Crippen LogP contribution in [0.1, 0.15) is 10.4 Å². The zero-order chi connectivity index (χ0) is 16.2. The molecule has 0 radical (unpaired) electrons. The number of benzene rings is 1. The van der Waals surface area contributed by atoms with E-state index in [1.807, 2.05) is 12.1 Å². The van der Waals surface area contributed by atoms with Gasteiger partial charge in [0.1, 0.15) is 0 Å². The van der Waals surface area contributed by atoms with E-state index < -0.39 is 0 Å². The van der Waals surface area contributed by atoms with Gasteiger partial charge in [0.15, 0.2) is 0 Å². The quantitative estimate of drug-likeness (QED) is 0.940. The van der Waals surface area contributed by atoms with Crippen LogP contribution in [0.4, 0.5) is 11.4 Å². The molecule has 1 N–H and O–H groups in total. The van der Waals surface area contributed by atoms with Gasteiger partial charge in [0.05, 0.1) is 16.9 Å². The molecule has 0 unspecified atom stereocenters. The van der Waals surface area contributed by atoms with Crippen LogP contribution in [0.25, 0.3) is 0 Å². The molecule has 0 aliphatic carbocycles. The van der Waals surface area contributed by atoms with E-state index in [2.05, 4.69) is 27.1 Å². The van der Waals surface area contributed by atoms with Gasteiger partial charge in [-0.15, -0.1) is 0 Å². The maximum atomic E-state index is 12.4. The molecule has 6 heteroatoms. The highest BCUT2D eigenvalue weighted by atomic mass is 35.5. The third-order valence-electron chi connectivity index (χ3n) is 3.97. The van der Waals surface area contributed by atoms with Gasteiger partial charge in [-0.05, 0) is 37.4 Å². The Bertz CT molecular complexity index is 684. The van der Waals surface area contributed by atoms with Crippen LogP contribution in [-0.2, 0) is 0 Å². The molecule has 1 aromatic carbocycles. The van der Waals surface area contributed by atoms with E-state index in [0.717, 1.165) is 37.6 Å². The van der Waals surface area contributed by atoms with Crippen molar-refractivity contribution in [1.29, 1.82) is 0 Å². The van der Waals surface area contributed by atoms with E-state index >= 15 is 0 Å². The van der Waals surface area contributed by atoms with Gasteiger partial charge < -0.3 is 15.1 Å². The van der Waals surface area contributed by atoms with Gasteiger partial charge in [-0.3, -0.25) is 9.78 Å².